The van der Waals surface area contributed by atoms with Crippen molar-refractivity contribution < 1.29 is 27.6 Å². The molecule has 0 bridgehead atoms. The third-order valence-corrected chi connectivity index (χ3v) is 3.89. The average molecular weight is 312 g/mol. The molecule has 1 aromatic rings. The van der Waals surface area contributed by atoms with E-state index in [-0.39, 0.29) is 30.5 Å². The lowest BCUT2D eigenvalue weighted by Crippen LogP contribution is -2.52. The van der Waals surface area contributed by atoms with Crippen molar-refractivity contribution in [1.29, 1.82) is 0 Å². The number of alkyl halides is 3. The minimum Gasteiger partial charge on any atom is -0.322 e. The van der Waals surface area contributed by atoms with E-state index in [1.165, 1.54) is 12.1 Å². The number of fused-ring (bicyclic) bond motifs is 1. The number of carbonyl (C=O) groups is 3. The number of imide groups is 1. The first-order valence-electron chi connectivity index (χ1n) is 6.63. The number of benzene rings is 1. The highest BCUT2D eigenvalue weighted by Crippen LogP contribution is 2.38. The first kappa shape index (κ1) is 14.6. The maximum absolute atomic E-state index is 13.0. The highest BCUT2D eigenvalue weighted by atomic mass is 19.4. The van der Waals surface area contributed by atoms with Crippen LogP contribution in [0.4, 0.5) is 13.2 Å². The first-order valence-corrected chi connectivity index (χ1v) is 6.63. The molecule has 1 aromatic carbocycles. The molecule has 1 fully saturated rings. The van der Waals surface area contributed by atoms with Crippen molar-refractivity contribution in [3.63, 3.8) is 0 Å². The molecule has 0 aliphatic carbocycles. The van der Waals surface area contributed by atoms with E-state index in [4.69, 9.17) is 0 Å². The second-order valence-corrected chi connectivity index (χ2v) is 5.23. The van der Waals surface area contributed by atoms with Gasteiger partial charge in [-0.3, -0.25) is 19.7 Å². The number of hydrogen-bond donors (Lipinski definition) is 1. The quantitative estimate of drug-likeness (QED) is 0.799. The van der Waals surface area contributed by atoms with Crippen LogP contribution in [0, 0.1) is 0 Å². The molecule has 2 aliphatic rings. The van der Waals surface area contributed by atoms with Crippen LogP contribution in [-0.4, -0.2) is 28.7 Å². The summed E-state index contributed by atoms with van der Waals surface area (Å²) in [7, 11) is 0. The summed E-state index contributed by atoms with van der Waals surface area (Å²) in [6.07, 6.45) is -4.39. The molecule has 0 aromatic heterocycles. The molecule has 2 heterocycles. The maximum atomic E-state index is 13.0. The third kappa shape index (κ3) is 2.24. The summed E-state index contributed by atoms with van der Waals surface area (Å²) in [5, 5.41) is 2.10. The molecule has 116 valence electrons. The number of halogens is 3. The van der Waals surface area contributed by atoms with E-state index in [2.05, 4.69) is 5.32 Å². The van der Waals surface area contributed by atoms with Gasteiger partial charge in [0.25, 0.3) is 5.91 Å². The van der Waals surface area contributed by atoms with Gasteiger partial charge in [0.05, 0.1) is 5.56 Å². The van der Waals surface area contributed by atoms with Crippen molar-refractivity contribution in [2.24, 2.45) is 0 Å². The molecule has 8 heteroatoms. The lowest BCUT2D eigenvalue weighted by atomic mass is 10.0. The molecule has 1 atom stereocenters. The molecule has 3 rings (SSSR count). The topological polar surface area (TPSA) is 66.5 Å². The van der Waals surface area contributed by atoms with Gasteiger partial charge in [-0.15, -0.1) is 0 Å². The van der Waals surface area contributed by atoms with Crippen LogP contribution < -0.4 is 5.32 Å². The van der Waals surface area contributed by atoms with E-state index in [1.807, 2.05) is 0 Å². The summed E-state index contributed by atoms with van der Waals surface area (Å²) in [5.74, 6) is -1.71. The average Bonchev–Trinajstić information content (AvgIpc) is 2.75. The van der Waals surface area contributed by atoms with E-state index in [0.29, 0.717) is 0 Å². The monoisotopic (exact) mass is 312 g/mol. The SMILES string of the molecule is O=C1CC[C@@H](N2Cc3c(cccc3C(F)(F)F)C2=O)C(=O)N1. The Kier molecular flexibility index (Phi) is 3.19. The fourth-order valence-electron chi connectivity index (χ4n) is 2.85. The minimum atomic E-state index is -4.56. The molecule has 0 radical (unpaired) electrons. The first-order chi connectivity index (χ1) is 10.3. The number of carbonyl (C=O) groups excluding carboxylic acids is 3. The van der Waals surface area contributed by atoms with E-state index in [1.54, 1.807) is 0 Å². The Morgan fingerprint density at radius 1 is 1.18 bits per heavy atom. The van der Waals surface area contributed by atoms with Crippen molar-refractivity contribution in [3.8, 4) is 0 Å². The number of amides is 3. The van der Waals surface area contributed by atoms with Gasteiger partial charge in [-0.2, -0.15) is 13.2 Å². The summed E-state index contributed by atoms with van der Waals surface area (Å²) in [4.78, 5) is 36.4. The van der Waals surface area contributed by atoms with Crippen molar-refractivity contribution in [1.82, 2.24) is 10.2 Å². The van der Waals surface area contributed by atoms with Crippen molar-refractivity contribution in [3.05, 3.63) is 34.9 Å². The number of piperidine rings is 1. The second kappa shape index (κ2) is 4.82. The summed E-state index contributed by atoms with van der Waals surface area (Å²) >= 11 is 0. The Hall–Kier alpha value is -2.38. The molecule has 2 aliphatic heterocycles. The van der Waals surface area contributed by atoms with Gasteiger partial charge in [0, 0.05) is 18.5 Å². The lowest BCUT2D eigenvalue weighted by molar-refractivity contribution is -0.138. The molecular weight excluding hydrogens is 301 g/mol. The minimum absolute atomic E-state index is 0.0421. The molecule has 22 heavy (non-hydrogen) atoms. The molecule has 3 amide bonds. The van der Waals surface area contributed by atoms with Crippen molar-refractivity contribution in [2.45, 2.75) is 31.6 Å². The number of hydrogen-bond acceptors (Lipinski definition) is 3. The van der Waals surface area contributed by atoms with E-state index in [0.717, 1.165) is 11.0 Å². The Morgan fingerprint density at radius 2 is 1.91 bits per heavy atom. The zero-order valence-corrected chi connectivity index (χ0v) is 11.2. The normalized spacial score (nSPS) is 21.9. The van der Waals surface area contributed by atoms with Gasteiger partial charge in [-0.25, -0.2) is 0 Å². The predicted molar refractivity (Wildman–Crippen MR) is 67.5 cm³/mol. The fourth-order valence-corrected chi connectivity index (χ4v) is 2.85. The molecule has 1 N–H and O–H groups in total. The summed E-state index contributed by atoms with van der Waals surface area (Å²) < 4.78 is 39.0. The molecular formula is C14H11F3N2O3. The van der Waals surface area contributed by atoms with Gasteiger partial charge in [-0.05, 0) is 24.1 Å². The maximum Gasteiger partial charge on any atom is 0.416 e. The second-order valence-electron chi connectivity index (χ2n) is 5.23. The van der Waals surface area contributed by atoms with Crippen LogP contribution >= 0.6 is 0 Å². The Balaban J connectivity index is 1.95. The lowest BCUT2D eigenvalue weighted by Gasteiger charge is -2.29. The highest BCUT2D eigenvalue weighted by Gasteiger charge is 2.43. The van der Waals surface area contributed by atoms with Gasteiger partial charge in [0.15, 0.2) is 0 Å². The van der Waals surface area contributed by atoms with Gasteiger partial charge >= 0.3 is 6.18 Å². The number of rotatable bonds is 1. The summed E-state index contributed by atoms with van der Waals surface area (Å²) in [5.41, 5.74) is -1.03. The fraction of sp³-hybridized carbons (Fsp3) is 0.357. The van der Waals surface area contributed by atoms with Gasteiger partial charge in [0.2, 0.25) is 11.8 Å². The summed E-state index contributed by atoms with van der Waals surface area (Å²) in [6.45, 7) is -0.282. The van der Waals surface area contributed by atoms with Crippen LogP contribution in [0.5, 0.6) is 0 Å². The zero-order valence-electron chi connectivity index (χ0n) is 11.2. The van der Waals surface area contributed by atoms with Gasteiger partial charge in [0.1, 0.15) is 6.04 Å². The molecule has 0 unspecified atom stereocenters. The van der Waals surface area contributed by atoms with Crippen LogP contribution in [-0.2, 0) is 22.3 Å². The van der Waals surface area contributed by atoms with E-state index < -0.39 is 35.5 Å². The predicted octanol–water partition coefficient (Wildman–Crippen LogP) is 1.47. The molecule has 0 saturated carbocycles. The van der Waals surface area contributed by atoms with Crippen molar-refractivity contribution in [2.75, 3.05) is 0 Å². The van der Waals surface area contributed by atoms with E-state index in [9.17, 15) is 27.6 Å². The third-order valence-electron chi connectivity index (χ3n) is 3.89. The van der Waals surface area contributed by atoms with Crippen LogP contribution in [0.3, 0.4) is 0 Å². The van der Waals surface area contributed by atoms with Crippen LogP contribution in [0.25, 0.3) is 0 Å². The van der Waals surface area contributed by atoms with Crippen LogP contribution in [0.15, 0.2) is 18.2 Å². The van der Waals surface area contributed by atoms with Crippen LogP contribution in [0.1, 0.15) is 34.3 Å². The largest absolute Gasteiger partial charge is 0.416 e. The van der Waals surface area contributed by atoms with Gasteiger partial charge < -0.3 is 4.90 Å². The zero-order chi connectivity index (χ0) is 16.1. The molecule has 0 spiro atoms. The summed E-state index contributed by atoms with van der Waals surface area (Å²) in [6, 6.07) is 2.49. The Morgan fingerprint density at radius 3 is 2.55 bits per heavy atom. The number of nitrogens with one attached hydrogen (secondary N) is 1. The van der Waals surface area contributed by atoms with E-state index >= 15 is 0 Å². The number of nitrogens with zero attached hydrogens (tertiary/aromatic N) is 1. The van der Waals surface area contributed by atoms with Gasteiger partial charge in [-0.1, -0.05) is 6.07 Å². The highest BCUT2D eigenvalue weighted by molar-refractivity contribution is 6.05. The Bertz CT molecular complexity index is 684. The van der Waals surface area contributed by atoms with Crippen LogP contribution in [0.2, 0.25) is 0 Å². The standard InChI is InChI=1S/C14H11F3N2O3/c15-14(16,17)9-3-1-2-7-8(9)6-19(13(7)22)10-4-5-11(20)18-12(10)21/h1-3,10H,4-6H2,(H,18,20,21)/t10-/m1/s1. The van der Waals surface area contributed by atoms with Crippen molar-refractivity contribution >= 4 is 17.7 Å². The molecule has 5 nitrogen and oxygen atoms in total. The Labute approximate surface area is 123 Å². The molecule has 1 saturated heterocycles. The smallest absolute Gasteiger partial charge is 0.322 e.